The average molecular weight is 253 g/mol. The van der Waals surface area contributed by atoms with Gasteiger partial charge in [-0.15, -0.1) is 0 Å². The van der Waals surface area contributed by atoms with Gasteiger partial charge in [0.15, 0.2) is 11.5 Å². The van der Waals surface area contributed by atoms with Gasteiger partial charge in [-0.1, -0.05) is 6.07 Å². The van der Waals surface area contributed by atoms with E-state index in [-0.39, 0.29) is 18.8 Å². The van der Waals surface area contributed by atoms with E-state index in [0.717, 1.165) is 17.1 Å². The molecule has 1 rings (SSSR count). The lowest BCUT2D eigenvalue weighted by Gasteiger charge is -2.15. The molecule has 0 aliphatic rings. The normalized spacial score (nSPS) is 12.6. The van der Waals surface area contributed by atoms with Gasteiger partial charge in [0.05, 0.1) is 19.8 Å². The first-order valence-corrected chi connectivity index (χ1v) is 6.24. The maximum absolute atomic E-state index is 8.95. The predicted octanol–water partition coefficient (Wildman–Crippen LogP) is 1.95. The molecule has 1 atom stereocenters. The minimum atomic E-state index is 0.0857. The highest BCUT2D eigenvalue weighted by Gasteiger charge is 2.08. The summed E-state index contributed by atoms with van der Waals surface area (Å²) in [6, 6.07) is 5.95. The second-order valence-corrected chi connectivity index (χ2v) is 4.62. The van der Waals surface area contributed by atoms with Gasteiger partial charge in [0.25, 0.3) is 0 Å². The molecule has 4 heteroatoms. The molecule has 0 saturated carbocycles. The fourth-order valence-electron chi connectivity index (χ4n) is 1.53. The van der Waals surface area contributed by atoms with Gasteiger partial charge in [-0.25, -0.2) is 0 Å². The zero-order valence-electron chi connectivity index (χ0n) is 11.6. The zero-order valence-corrected chi connectivity index (χ0v) is 11.6. The van der Waals surface area contributed by atoms with Crippen molar-refractivity contribution in [3.63, 3.8) is 0 Å². The van der Waals surface area contributed by atoms with E-state index >= 15 is 0 Å². The van der Waals surface area contributed by atoms with Crippen LogP contribution < -0.4 is 14.8 Å². The molecule has 0 heterocycles. The molecule has 4 nitrogen and oxygen atoms in total. The summed E-state index contributed by atoms with van der Waals surface area (Å²) in [6.07, 6.45) is 0.122. The standard InChI is InChI=1S/C14H23NO3/c1-10(2)18-13-6-5-12(7-14(13)17-4)8-15-11(3)9-16/h5-7,10-11,15-16H,8-9H2,1-4H3/t11-/m1/s1. The Balaban J connectivity index is 2.72. The summed E-state index contributed by atoms with van der Waals surface area (Å²) in [7, 11) is 1.63. The molecular weight excluding hydrogens is 230 g/mol. The molecule has 0 bridgehead atoms. The van der Waals surface area contributed by atoms with E-state index in [0.29, 0.717) is 6.54 Å². The molecule has 0 aliphatic heterocycles. The van der Waals surface area contributed by atoms with Crippen molar-refractivity contribution in [3.05, 3.63) is 23.8 Å². The third-order valence-corrected chi connectivity index (χ3v) is 2.52. The highest BCUT2D eigenvalue weighted by molar-refractivity contribution is 5.43. The van der Waals surface area contributed by atoms with Crippen LogP contribution in [0.2, 0.25) is 0 Å². The first kappa shape index (κ1) is 14.8. The van der Waals surface area contributed by atoms with Crippen LogP contribution in [0.1, 0.15) is 26.3 Å². The van der Waals surface area contributed by atoms with E-state index in [1.165, 1.54) is 0 Å². The Morgan fingerprint density at radius 2 is 1.94 bits per heavy atom. The fourth-order valence-corrected chi connectivity index (χ4v) is 1.53. The Hall–Kier alpha value is -1.26. The van der Waals surface area contributed by atoms with Crippen molar-refractivity contribution < 1.29 is 14.6 Å². The molecule has 18 heavy (non-hydrogen) atoms. The lowest BCUT2D eigenvalue weighted by Crippen LogP contribution is -2.28. The SMILES string of the molecule is COc1cc(CN[C@H](C)CO)ccc1OC(C)C. The summed E-state index contributed by atoms with van der Waals surface area (Å²) in [5.41, 5.74) is 1.10. The minimum Gasteiger partial charge on any atom is -0.493 e. The number of nitrogens with one attached hydrogen (secondary N) is 1. The van der Waals surface area contributed by atoms with Crippen molar-refractivity contribution in [2.24, 2.45) is 0 Å². The molecule has 2 N–H and O–H groups in total. The smallest absolute Gasteiger partial charge is 0.161 e. The number of ether oxygens (including phenoxy) is 2. The van der Waals surface area contributed by atoms with Gasteiger partial charge < -0.3 is 19.9 Å². The van der Waals surface area contributed by atoms with Gasteiger partial charge in [0.2, 0.25) is 0 Å². The van der Waals surface area contributed by atoms with Gasteiger partial charge in [-0.2, -0.15) is 0 Å². The third-order valence-electron chi connectivity index (χ3n) is 2.52. The third kappa shape index (κ3) is 4.55. The Kier molecular flexibility index (Phi) is 5.95. The maximum Gasteiger partial charge on any atom is 0.161 e. The largest absolute Gasteiger partial charge is 0.493 e. The van der Waals surface area contributed by atoms with Crippen molar-refractivity contribution in [2.45, 2.75) is 39.5 Å². The zero-order chi connectivity index (χ0) is 13.5. The van der Waals surface area contributed by atoms with E-state index in [1.807, 2.05) is 39.0 Å². The van der Waals surface area contributed by atoms with Crippen LogP contribution in [0.4, 0.5) is 0 Å². The van der Waals surface area contributed by atoms with Crippen LogP contribution in [0.15, 0.2) is 18.2 Å². The quantitative estimate of drug-likeness (QED) is 0.780. The Morgan fingerprint density at radius 1 is 1.22 bits per heavy atom. The van der Waals surface area contributed by atoms with E-state index in [9.17, 15) is 0 Å². The van der Waals surface area contributed by atoms with Crippen molar-refractivity contribution >= 4 is 0 Å². The van der Waals surface area contributed by atoms with Crippen molar-refractivity contribution in [1.29, 1.82) is 0 Å². The van der Waals surface area contributed by atoms with Gasteiger partial charge in [-0.05, 0) is 38.5 Å². The minimum absolute atomic E-state index is 0.0857. The molecule has 0 saturated heterocycles. The monoisotopic (exact) mass is 253 g/mol. The van der Waals surface area contributed by atoms with Crippen molar-refractivity contribution in [2.75, 3.05) is 13.7 Å². The van der Waals surface area contributed by atoms with Crippen LogP contribution in [0.3, 0.4) is 0 Å². The average Bonchev–Trinajstić information content (AvgIpc) is 2.36. The molecule has 0 spiro atoms. The van der Waals surface area contributed by atoms with E-state index in [4.69, 9.17) is 14.6 Å². The lowest BCUT2D eigenvalue weighted by molar-refractivity contribution is 0.230. The second kappa shape index (κ2) is 7.24. The van der Waals surface area contributed by atoms with Crippen LogP contribution in [-0.2, 0) is 6.54 Å². The molecule has 0 aliphatic carbocycles. The maximum atomic E-state index is 8.95. The number of benzene rings is 1. The Labute approximate surface area is 109 Å². The van der Waals surface area contributed by atoms with Gasteiger partial charge in [0.1, 0.15) is 0 Å². The molecule has 0 amide bonds. The number of rotatable bonds is 7. The Bertz CT molecular complexity index is 366. The van der Waals surface area contributed by atoms with Crippen LogP contribution in [-0.4, -0.2) is 31.0 Å². The molecular formula is C14H23NO3. The molecule has 0 aromatic heterocycles. The summed E-state index contributed by atoms with van der Waals surface area (Å²) in [6.45, 7) is 6.73. The molecule has 0 fully saturated rings. The van der Waals surface area contributed by atoms with Crippen LogP contribution >= 0.6 is 0 Å². The summed E-state index contributed by atoms with van der Waals surface area (Å²) in [5.74, 6) is 1.49. The number of hydrogen-bond donors (Lipinski definition) is 2. The first-order valence-electron chi connectivity index (χ1n) is 6.24. The van der Waals surface area contributed by atoms with Crippen LogP contribution in [0, 0.1) is 0 Å². The number of hydrogen-bond acceptors (Lipinski definition) is 4. The summed E-state index contributed by atoms with van der Waals surface area (Å²) < 4.78 is 11.0. The Morgan fingerprint density at radius 3 is 2.50 bits per heavy atom. The summed E-state index contributed by atoms with van der Waals surface area (Å²) in [4.78, 5) is 0. The number of methoxy groups -OCH3 is 1. The van der Waals surface area contributed by atoms with E-state index in [2.05, 4.69) is 5.32 Å². The van der Waals surface area contributed by atoms with Crippen LogP contribution in [0.5, 0.6) is 11.5 Å². The lowest BCUT2D eigenvalue weighted by atomic mass is 10.2. The highest BCUT2D eigenvalue weighted by Crippen LogP contribution is 2.28. The summed E-state index contributed by atoms with van der Waals surface area (Å²) in [5, 5.41) is 12.2. The molecule has 0 unspecified atom stereocenters. The molecule has 102 valence electrons. The van der Waals surface area contributed by atoms with E-state index in [1.54, 1.807) is 7.11 Å². The number of aliphatic hydroxyl groups excluding tert-OH is 1. The van der Waals surface area contributed by atoms with Crippen LogP contribution in [0.25, 0.3) is 0 Å². The number of aliphatic hydroxyl groups is 1. The molecule has 1 aromatic rings. The second-order valence-electron chi connectivity index (χ2n) is 4.62. The molecule has 1 aromatic carbocycles. The van der Waals surface area contributed by atoms with Gasteiger partial charge in [0, 0.05) is 12.6 Å². The van der Waals surface area contributed by atoms with E-state index < -0.39 is 0 Å². The first-order chi connectivity index (χ1) is 8.56. The molecule has 0 radical (unpaired) electrons. The fraction of sp³-hybridized carbons (Fsp3) is 0.571. The highest BCUT2D eigenvalue weighted by atomic mass is 16.5. The van der Waals surface area contributed by atoms with Crippen molar-refractivity contribution in [1.82, 2.24) is 5.32 Å². The van der Waals surface area contributed by atoms with Gasteiger partial charge in [-0.3, -0.25) is 0 Å². The van der Waals surface area contributed by atoms with Crippen molar-refractivity contribution in [3.8, 4) is 11.5 Å². The predicted molar refractivity (Wildman–Crippen MR) is 72.1 cm³/mol. The topological polar surface area (TPSA) is 50.7 Å². The summed E-state index contributed by atoms with van der Waals surface area (Å²) >= 11 is 0. The van der Waals surface area contributed by atoms with Gasteiger partial charge >= 0.3 is 0 Å².